The van der Waals surface area contributed by atoms with Crippen molar-refractivity contribution in [1.29, 1.82) is 0 Å². The van der Waals surface area contributed by atoms with Gasteiger partial charge in [-0.1, -0.05) is 24.3 Å². The standard InChI is InChI=1S/C22H21N5O/c1-26(2)15-16-9-11-17(12-10-16)24-22-25-20-8-4-3-7-19(20)21(28)27(22)18-6-5-13-23-14-18/h3-14H,15H2,1-2H3,(H,24,25). The minimum Gasteiger partial charge on any atom is -0.325 e. The lowest BCUT2D eigenvalue weighted by Gasteiger charge is -2.15. The SMILES string of the molecule is CN(C)Cc1ccc(Nc2nc3ccccc3c(=O)n2-c2cccnc2)cc1. The van der Waals surface area contributed by atoms with E-state index in [-0.39, 0.29) is 5.56 Å². The molecule has 6 nitrogen and oxygen atoms in total. The number of fused-ring (bicyclic) bond motifs is 1. The monoisotopic (exact) mass is 371 g/mol. The number of para-hydroxylation sites is 1. The molecule has 0 bridgehead atoms. The first-order chi connectivity index (χ1) is 13.6. The summed E-state index contributed by atoms with van der Waals surface area (Å²) in [4.78, 5) is 24.1. The maximum Gasteiger partial charge on any atom is 0.267 e. The lowest BCUT2D eigenvalue weighted by atomic mass is 10.2. The molecule has 0 radical (unpaired) electrons. The highest BCUT2D eigenvalue weighted by atomic mass is 16.1. The van der Waals surface area contributed by atoms with E-state index in [1.807, 2.05) is 50.5 Å². The molecule has 0 spiro atoms. The van der Waals surface area contributed by atoms with Crippen LogP contribution >= 0.6 is 0 Å². The Hall–Kier alpha value is -3.51. The lowest BCUT2D eigenvalue weighted by Crippen LogP contribution is -2.22. The van der Waals surface area contributed by atoms with E-state index < -0.39 is 0 Å². The zero-order chi connectivity index (χ0) is 19.5. The van der Waals surface area contributed by atoms with Gasteiger partial charge in [0.2, 0.25) is 5.95 Å². The maximum atomic E-state index is 13.2. The molecule has 0 unspecified atom stereocenters. The number of anilines is 2. The highest BCUT2D eigenvalue weighted by Crippen LogP contribution is 2.20. The van der Waals surface area contributed by atoms with Crippen LogP contribution in [0.5, 0.6) is 0 Å². The Bertz CT molecular complexity index is 1150. The maximum absolute atomic E-state index is 13.2. The lowest BCUT2D eigenvalue weighted by molar-refractivity contribution is 0.402. The second-order valence-corrected chi connectivity index (χ2v) is 6.86. The Morgan fingerprint density at radius 2 is 1.79 bits per heavy atom. The van der Waals surface area contributed by atoms with E-state index in [1.54, 1.807) is 29.1 Å². The van der Waals surface area contributed by atoms with E-state index in [2.05, 4.69) is 27.3 Å². The van der Waals surface area contributed by atoms with Crippen molar-refractivity contribution >= 4 is 22.5 Å². The predicted octanol–water partition coefficient (Wildman–Crippen LogP) is 3.59. The third kappa shape index (κ3) is 3.63. The van der Waals surface area contributed by atoms with Gasteiger partial charge < -0.3 is 10.2 Å². The van der Waals surface area contributed by atoms with Gasteiger partial charge in [-0.3, -0.25) is 9.78 Å². The third-order valence-corrected chi connectivity index (χ3v) is 4.39. The first-order valence-corrected chi connectivity index (χ1v) is 9.05. The van der Waals surface area contributed by atoms with E-state index >= 15 is 0 Å². The molecular weight excluding hydrogens is 350 g/mol. The summed E-state index contributed by atoms with van der Waals surface area (Å²) in [5.74, 6) is 0.456. The number of rotatable bonds is 5. The molecule has 0 amide bonds. The van der Waals surface area contributed by atoms with Crippen molar-refractivity contribution in [2.24, 2.45) is 0 Å². The van der Waals surface area contributed by atoms with Gasteiger partial charge in [0.1, 0.15) is 0 Å². The zero-order valence-corrected chi connectivity index (χ0v) is 15.8. The Balaban J connectivity index is 1.80. The number of nitrogens with one attached hydrogen (secondary N) is 1. The van der Waals surface area contributed by atoms with Crippen molar-refractivity contribution in [2.75, 3.05) is 19.4 Å². The second-order valence-electron chi connectivity index (χ2n) is 6.86. The molecule has 140 valence electrons. The first-order valence-electron chi connectivity index (χ1n) is 9.05. The number of nitrogens with zero attached hydrogens (tertiary/aromatic N) is 4. The summed E-state index contributed by atoms with van der Waals surface area (Å²) < 4.78 is 1.56. The van der Waals surface area contributed by atoms with Crippen LogP contribution < -0.4 is 10.9 Å². The Morgan fingerprint density at radius 3 is 2.50 bits per heavy atom. The highest BCUT2D eigenvalue weighted by molar-refractivity contribution is 5.79. The molecule has 6 heteroatoms. The van der Waals surface area contributed by atoms with Gasteiger partial charge in [-0.15, -0.1) is 0 Å². The summed E-state index contributed by atoms with van der Waals surface area (Å²) in [7, 11) is 4.08. The summed E-state index contributed by atoms with van der Waals surface area (Å²) in [6.45, 7) is 0.870. The Kier molecular flexibility index (Phi) is 4.87. The molecule has 0 fully saturated rings. The molecule has 0 aliphatic rings. The fraction of sp³-hybridized carbons (Fsp3) is 0.136. The molecule has 2 aromatic carbocycles. The molecule has 0 aliphatic heterocycles. The van der Waals surface area contributed by atoms with Gasteiger partial charge in [0.05, 0.1) is 22.8 Å². The summed E-state index contributed by atoms with van der Waals surface area (Å²) in [6.07, 6.45) is 3.34. The van der Waals surface area contributed by atoms with Crippen LogP contribution in [0, 0.1) is 0 Å². The summed E-state index contributed by atoms with van der Waals surface area (Å²) >= 11 is 0. The molecule has 28 heavy (non-hydrogen) atoms. The molecule has 1 N–H and O–H groups in total. The van der Waals surface area contributed by atoms with Crippen LogP contribution in [0.15, 0.2) is 77.9 Å². The first kappa shape index (κ1) is 17.9. The minimum absolute atomic E-state index is 0.134. The van der Waals surface area contributed by atoms with Crippen LogP contribution in [-0.4, -0.2) is 33.5 Å². The quantitative estimate of drug-likeness (QED) is 0.581. The average molecular weight is 371 g/mol. The molecule has 0 saturated heterocycles. The highest BCUT2D eigenvalue weighted by Gasteiger charge is 2.13. The van der Waals surface area contributed by atoms with Crippen LogP contribution in [0.3, 0.4) is 0 Å². The van der Waals surface area contributed by atoms with Crippen LogP contribution in [0.25, 0.3) is 16.6 Å². The van der Waals surface area contributed by atoms with Crippen LogP contribution in [0.1, 0.15) is 5.56 Å². The van der Waals surface area contributed by atoms with E-state index in [4.69, 9.17) is 4.98 Å². The van der Waals surface area contributed by atoms with E-state index in [0.29, 0.717) is 22.5 Å². The van der Waals surface area contributed by atoms with E-state index in [0.717, 1.165) is 12.2 Å². The Labute approximate surface area is 163 Å². The zero-order valence-electron chi connectivity index (χ0n) is 15.8. The molecule has 4 aromatic rings. The van der Waals surface area contributed by atoms with Crippen molar-refractivity contribution in [3.05, 3.63) is 89.0 Å². The van der Waals surface area contributed by atoms with Crippen LogP contribution in [0.4, 0.5) is 11.6 Å². The Morgan fingerprint density at radius 1 is 1.00 bits per heavy atom. The average Bonchev–Trinajstić information content (AvgIpc) is 2.70. The summed E-state index contributed by atoms with van der Waals surface area (Å²) in [5.41, 5.74) is 3.26. The van der Waals surface area contributed by atoms with Gasteiger partial charge in [0.15, 0.2) is 0 Å². The largest absolute Gasteiger partial charge is 0.325 e. The van der Waals surface area contributed by atoms with Crippen LogP contribution in [-0.2, 0) is 6.54 Å². The number of aromatic nitrogens is 3. The normalized spacial score (nSPS) is 11.1. The number of benzene rings is 2. The molecule has 2 heterocycles. The topological polar surface area (TPSA) is 63.1 Å². The molecule has 0 atom stereocenters. The van der Waals surface area contributed by atoms with Crippen molar-refractivity contribution in [1.82, 2.24) is 19.4 Å². The van der Waals surface area contributed by atoms with Crippen molar-refractivity contribution in [3.8, 4) is 5.69 Å². The smallest absolute Gasteiger partial charge is 0.267 e. The van der Waals surface area contributed by atoms with E-state index in [1.165, 1.54) is 5.56 Å². The second kappa shape index (κ2) is 7.62. The third-order valence-electron chi connectivity index (χ3n) is 4.39. The van der Waals surface area contributed by atoms with Crippen molar-refractivity contribution in [2.45, 2.75) is 6.54 Å². The van der Waals surface area contributed by atoms with Crippen molar-refractivity contribution < 1.29 is 0 Å². The number of hydrogen-bond donors (Lipinski definition) is 1. The fourth-order valence-electron chi connectivity index (χ4n) is 3.13. The van der Waals surface area contributed by atoms with Gasteiger partial charge >= 0.3 is 0 Å². The fourth-order valence-corrected chi connectivity index (χ4v) is 3.13. The predicted molar refractivity (Wildman–Crippen MR) is 112 cm³/mol. The van der Waals surface area contributed by atoms with Gasteiger partial charge in [-0.25, -0.2) is 9.55 Å². The molecule has 2 aromatic heterocycles. The van der Waals surface area contributed by atoms with Gasteiger partial charge in [-0.05, 0) is 56.1 Å². The van der Waals surface area contributed by atoms with Crippen molar-refractivity contribution in [3.63, 3.8) is 0 Å². The van der Waals surface area contributed by atoms with E-state index in [9.17, 15) is 4.79 Å². The van der Waals surface area contributed by atoms with Gasteiger partial charge in [-0.2, -0.15) is 0 Å². The molecule has 0 saturated carbocycles. The molecule has 4 rings (SSSR count). The molecular formula is C22H21N5O. The molecule has 0 aliphatic carbocycles. The number of pyridine rings is 1. The van der Waals surface area contributed by atoms with Gasteiger partial charge in [0, 0.05) is 18.4 Å². The number of hydrogen-bond acceptors (Lipinski definition) is 5. The summed E-state index contributed by atoms with van der Waals surface area (Å²) in [5, 5.41) is 3.86. The minimum atomic E-state index is -0.134. The van der Waals surface area contributed by atoms with Crippen LogP contribution in [0.2, 0.25) is 0 Å². The van der Waals surface area contributed by atoms with Gasteiger partial charge in [0.25, 0.3) is 5.56 Å². The summed E-state index contributed by atoms with van der Waals surface area (Å²) in [6, 6.07) is 19.1.